The van der Waals surface area contributed by atoms with Gasteiger partial charge < -0.3 is 9.72 Å². The second-order valence-electron chi connectivity index (χ2n) is 4.89. The first-order chi connectivity index (χ1) is 12.4. The van der Waals surface area contributed by atoms with Crippen LogP contribution in [0.2, 0.25) is 0 Å². The van der Waals surface area contributed by atoms with Gasteiger partial charge in [0.2, 0.25) is 0 Å². The molecule has 134 valence electrons. The Morgan fingerprint density at radius 2 is 2.04 bits per heavy atom. The highest BCUT2D eigenvalue weighted by Crippen LogP contribution is 2.30. The van der Waals surface area contributed by atoms with E-state index in [1.54, 1.807) is 0 Å². The van der Waals surface area contributed by atoms with Gasteiger partial charge in [0.05, 0.1) is 4.70 Å². The van der Waals surface area contributed by atoms with E-state index < -0.39 is 47.0 Å². The first kappa shape index (κ1) is 17.6. The van der Waals surface area contributed by atoms with Gasteiger partial charge in [-0.15, -0.1) is 0 Å². The molecule has 0 saturated carbocycles. The monoisotopic (exact) mass is 383 g/mol. The van der Waals surface area contributed by atoms with Crippen LogP contribution in [0.4, 0.5) is 18.3 Å². The van der Waals surface area contributed by atoms with Crippen molar-refractivity contribution < 1.29 is 27.5 Å². The number of anilines is 1. The zero-order valence-electron chi connectivity index (χ0n) is 12.6. The van der Waals surface area contributed by atoms with Crippen molar-refractivity contribution in [3.05, 3.63) is 57.8 Å². The second kappa shape index (κ2) is 6.96. The van der Waals surface area contributed by atoms with Crippen LogP contribution in [0, 0.1) is 17.5 Å². The van der Waals surface area contributed by atoms with Gasteiger partial charge in [0.15, 0.2) is 29.2 Å². The first-order valence-corrected chi connectivity index (χ1v) is 7.77. The zero-order valence-corrected chi connectivity index (χ0v) is 13.5. The number of ether oxygens (including phenoxy) is 1. The number of carbonyl (C=O) groups excluding carboxylic acids is 2. The number of thiazole rings is 1. The Kier molecular flexibility index (Phi) is 4.71. The minimum atomic E-state index is -1.66. The van der Waals surface area contributed by atoms with Crippen molar-refractivity contribution in [3.63, 3.8) is 0 Å². The summed E-state index contributed by atoms with van der Waals surface area (Å²) in [5.74, 6) is -6.35. The molecular formula is C15H8F3N3O4S. The third-order valence-corrected chi connectivity index (χ3v) is 4.06. The van der Waals surface area contributed by atoms with E-state index in [1.807, 2.05) is 0 Å². The Bertz CT molecular complexity index is 1080. The average Bonchev–Trinajstić information content (AvgIpc) is 3.00. The molecule has 0 saturated heterocycles. The maximum Gasteiger partial charge on any atom is 0.344 e. The summed E-state index contributed by atoms with van der Waals surface area (Å²) < 4.78 is 44.6. The van der Waals surface area contributed by atoms with Gasteiger partial charge in [-0.3, -0.25) is 14.9 Å². The molecule has 11 heteroatoms. The van der Waals surface area contributed by atoms with Crippen molar-refractivity contribution in [2.45, 2.75) is 0 Å². The van der Waals surface area contributed by atoms with E-state index in [-0.39, 0.29) is 15.4 Å². The summed E-state index contributed by atoms with van der Waals surface area (Å²) >= 11 is 0.711. The van der Waals surface area contributed by atoms with Crippen LogP contribution in [0.1, 0.15) is 10.4 Å². The first-order valence-electron chi connectivity index (χ1n) is 6.95. The number of rotatable bonds is 4. The molecule has 26 heavy (non-hydrogen) atoms. The van der Waals surface area contributed by atoms with E-state index in [2.05, 4.69) is 15.3 Å². The summed E-state index contributed by atoms with van der Waals surface area (Å²) in [6, 6.07) is 3.38. The third-order valence-electron chi connectivity index (χ3n) is 3.14. The van der Waals surface area contributed by atoms with Crippen LogP contribution in [-0.4, -0.2) is 28.5 Å². The molecule has 2 heterocycles. The summed E-state index contributed by atoms with van der Waals surface area (Å²) in [5, 5.41) is 2.08. The van der Waals surface area contributed by atoms with Crippen molar-refractivity contribution >= 4 is 38.6 Å². The van der Waals surface area contributed by atoms with Crippen molar-refractivity contribution in [2.24, 2.45) is 0 Å². The molecule has 0 aliphatic carbocycles. The topological polar surface area (TPSA) is 101 Å². The van der Waals surface area contributed by atoms with Gasteiger partial charge >= 0.3 is 5.97 Å². The number of amides is 1. The van der Waals surface area contributed by atoms with Gasteiger partial charge in [0, 0.05) is 6.20 Å². The SMILES string of the molecule is O=C(COC(=O)c1ccc[nH]c1=O)Nc1nc2c(F)c(F)c(F)cc2s1. The largest absolute Gasteiger partial charge is 0.452 e. The number of halogens is 3. The summed E-state index contributed by atoms with van der Waals surface area (Å²) in [5.41, 5.74) is -1.39. The van der Waals surface area contributed by atoms with Crippen molar-refractivity contribution in [1.29, 1.82) is 0 Å². The molecule has 0 aliphatic rings. The van der Waals surface area contributed by atoms with Crippen LogP contribution in [0.15, 0.2) is 29.2 Å². The molecule has 0 atom stereocenters. The van der Waals surface area contributed by atoms with Crippen LogP contribution in [0.25, 0.3) is 10.2 Å². The fraction of sp³-hybridized carbons (Fsp3) is 0.0667. The maximum absolute atomic E-state index is 13.6. The Balaban J connectivity index is 1.68. The zero-order chi connectivity index (χ0) is 18.8. The highest BCUT2D eigenvalue weighted by Gasteiger charge is 2.19. The molecule has 3 rings (SSSR count). The standard InChI is InChI=1S/C15H8F3N3O4S/c16-7-4-8-12(11(18)10(7)17)21-15(26-8)20-9(22)5-25-14(24)6-2-1-3-19-13(6)23/h1-4H,5H2,(H,19,23)(H,20,21,22). The van der Waals surface area contributed by atoms with Gasteiger partial charge in [0.1, 0.15) is 11.1 Å². The fourth-order valence-electron chi connectivity index (χ4n) is 1.97. The minimum Gasteiger partial charge on any atom is -0.452 e. The van der Waals surface area contributed by atoms with E-state index in [4.69, 9.17) is 4.74 Å². The molecular weight excluding hydrogens is 375 g/mol. The Labute approximate surface area is 146 Å². The summed E-state index contributed by atoms with van der Waals surface area (Å²) in [7, 11) is 0. The van der Waals surface area contributed by atoms with E-state index >= 15 is 0 Å². The number of fused-ring (bicyclic) bond motifs is 1. The van der Waals surface area contributed by atoms with Crippen LogP contribution >= 0.6 is 11.3 Å². The van der Waals surface area contributed by atoms with Crippen molar-refractivity contribution in [3.8, 4) is 0 Å². The number of aromatic nitrogens is 2. The number of nitrogens with one attached hydrogen (secondary N) is 2. The van der Waals surface area contributed by atoms with Crippen LogP contribution in [-0.2, 0) is 9.53 Å². The molecule has 0 unspecified atom stereocenters. The molecule has 0 spiro atoms. The van der Waals surface area contributed by atoms with Gasteiger partial charge in [-0.05, 0) is 18.2 Å². The Hall–Kier alpha value is -3.21. The van der Waals surface area contributed by atoms with Crippen molar-refractivity contribution in [1.82, 2.24) is 9.97 Å². The highest BCUT2D eigenvalue weighted by molar-refractivity contribution is 7.22. The normalized spacial score (nSPS) is 10.7. The molecule has 2 aromatic heterocycles. The lowest BCUT2D eigenvalue weighted by Crippen LogP contribution is -2.24. The molecule has 7 nitrogen and oxygen atoms in total. The molecule has 2 N–H and O–H groups in total. The lowest BCUT2D eigenvalue weighted by molar-refractivity contribution is -0.119. The van der Waals surface area contributed by atoms with Crippen LogP contribution in [0.5, 0.6) is 0 Å². The van der Waals surface area contributed by atoms with Crippen LogP contribution in [0.3, 0.4) is 0 Å². The number of aromatic amines is 1. The predicted octanol–water partition coefficient (Wildman–Crippen LogP) is 2.20. The van der Waals surface area contributed by atoms with Crippen molar-refractivity contribution in [2.75, 3.05) is 11.9 Å². The van der Waals surface area contributed by atoms with Gasteiger partial charge in [-0.25, -0.2) is 22.9 Å². The summed E-state index contributed by atoms with van der Waals surface area (Å²) in [6.07, 6.45) is 1.32. The van der Waals surface area contributed by atoms with E-state index in [9.17, 15) is 27.6 Å². The number of hydrogen-bond donors (Lipinski definition) is 2. The highest BCUT2D eigenvalue weighted by atomic mass is 32.1. The second-order valence-corrected chi connectivity index (χ2v) is 5.92. The lowest BCUT2D eigenvalue weighted by atomic mass is 10.3. The molecule has 1 amide bonds. The van der Waals surface area contributed by atoms with Crippen LogP contribution < -0.4 is 10.9 Å². The van der Waals surface area contributed by atoms with Gasteiger partial charge in [-0.2, -0.15) is 0 Å². The molecule has 1 aromatic carbocycles. The summed E-state index contributed by atoms with van der Waals surface area (Å²) in [6.45, 7) is -0.742. The minimum absolute atomic E-state index is 0.00971. The quantitative estimate of drug-likeness (QED) is 0.531. The fourth-order valence-corrected chi connectivity index (χ4v) is 2.88. The maximum atomic E-state index is 13.6. The molecule has 0 aliphatic heterocycles. The number of esters is 1. The van der Waals surface area contributed by atoms with E-state index in [1.165, 1.54) is 18.3 Å². The molecule has 0 radical (unpaired) electrons. The number of carbonyl (C=O) groups is 2. The summed E-state index contributed by atoms with van der Waals surface area (Å²) in [4.78, 5) is 40.9. The Morgan fingerprint density at radius 1 is 1.27 bits per heavy atom. The smallest absolute Gasteiger partial charge is 0.344 e. The predicted molar refractivity (Wildman–Crippen MR) is 85.5 cm³/mol. The van der Waals surface area contributed by atoms with E-state index in [0.29, 0.717) is 11.3 Å². The van der Waals surface area contributed by atoms with E-state index in [0.717, 1.165) is 6.07 Å². The Morgan fingerprint density at radius 3 is 2.77 bits per heavy atom. The number of H-pyrrole nitrogens is 1. The number of benzene rings is 1. The number of hydrogen-bond acceptors (Lipinski definition) is 6. The molecule has 0 fully saturated rings. The average molecular weight is 383 g/mol. The molecule has 3 aromatic rings. The number of pyridine rings is 1. The third kappa shape index (κ3) is 3.42. The van der Waals surface area contributed by atoms with Gasteiger partial charge in [0.25, 0.3) is 11.5 Å². The lowest BCUT2D eigenvalue weighted by Gasteiger charge is -2.03. The molecule has 0 bridgehead atoms. The van der Waals surface area contributed by atoms with Gasteiger partial charge in [-0.1, -0.05) is 11.3 Å². The number of nitrogens with zero attached hydrogens (tertiary/aromatic N) is 1.